The quantitative estimate of drug-likeness (QED) is 0.836. The summed E-state index contributed by atoms with van der Waals surface area (Å²) in [5.74, 6) is 0. The highest BCUT2D eigenvalue weighted by atomic mass is 15.2. The van der Waals surface area contributed by atoms with Crippen LogP contribution in [0.5, 0.6) is 0 Å². The van der Waals surface area contributed by atoms with Crippen molar-refractivity contribution >= 4 is 5.69 Å². The summed E-state index contributed by atoms with van der Waals surface area (Å²) in [6.07, 6.45) is 4.15. The number of anilines is 1. The second-order valence-corrected chi connectivity index (χ2v) is 4.69. The van der Waals surface area contributed by atoms with Gasteiger partial charge in [0.25, 0.3) is 0 Å². The van der Waals surface area contributed by atoms with Gasteiger partial charge in [-0.3, -0.25) is 4.90 Å². The van der Waals surface area contributed by atoms with Crippen molar-refractivity contribution in [1.82, 2.24) is 4.90 Å². The van der Waals surface area contributed by atoms with Crippen LogP contribution < -0.4 is 5.32 Å². The van der Waals surface area contributed by atoms with Crippen molar-refractivity contribution in [2.45, 2.75) is 32.2 Å². The van der Waals surface area contributed by atoms with Gasteiger partial charge in [0.15, 0.2) is 0 Å². The van der Waals surface area contributed by atoms with E-state index in [1.165, 1.54) is 38.0 Å². The molecule has 1 N–H and O–H groups in total. The van der Waals surface area contributed by atoms with Crippen LogP contribution in [0, 0.1) is 0 Å². The maximum atomic E-state index is 3.50. The Morgan fingerprint density at radius 2 is 1.81 bits per heavy atom. The Morgan fingerprint density at radius 3 is 2.50 bits per heavy atom. The van der Waals surface area contributed by atoms with E-state index in [1.54, 1.807) is 0 Å². The molecule has 0 saturated carbocycles. The standard InChI is InChI=1S/C14H22N2/c1-13(16-10-6-3-7-11-16)12-15-14-8-4-2-5-9-14/h2,4-5,8-9,13,15H,3,6-7,10-12H2,1H3. The molecule has 2 heteroatoms. The van der Waals surface area contributed by atoms with Crippen LogP contribution in [0.15, 0.2) is 30.3 Å². The van der Waals surface area contributed by atoms with Gasteiger partial charge in [0.05, 0.1) is 0 Å². The Kier molecular flexibility index (Phi) is 4.23. The molecule has 0 aromatic heterocycles. The Morgan fingerprint density at radius 1 is 1.12 bits per heavy atom. The lowest BCUT2D eigenvalue weighted by molar-refractivity contribution is 0.180. The smallest absolute Gasteiger partial charge is 0.0340 e. The molecule has 1 fully saturated rings. The molecule has 1 saturated heterocycles. The Bertz CT molecular complexity index is 291. The number of nitrogens with one attached hydrogen (secondary N) is 1. The lowest BCUT2D eigenvalue weighted by Gasteiger charge is -2.32. The summed E-state index contributed by atoms with van der Waals surface area (Å²) in [5.41, 5.74) is 1.23. The van der Waals surface area contributed by atoms with Crippen LogP contribution in [0.2, 0.25) is 0 Å². The third kappa shape index (κ3) is 3.24. The lowest BCUT2D eigenvalue weighted by Crippen LogP contribution is -2.41. The molecule has 0 spiro atoms. The molecule has 0 aliphatic carbocycles. The fourth-order valence-electron chi connectivity index (χ4n) is 2.31. The van der Waals surface area contributed by atoms with Crippen molar-refractivity contribution in [3.63, 3.8) is 0 Å². The molecule has 2 nitrogen and oxygen atoms in total. The minimum atomic E-state index is 0.639. The van der Waals surface area contributed by atoms with Crippen LogP contribution in [-0.2, 0) is 0 Å². The highest BCUT2D eigenvalue weighted by Crippen LogP contribution is 2.13. The first kappa shape index (κ1) is 11.5. The second-order valence-electron chi connectivity index (χ2n) is 4.69. The summed E-state index contributed by atoms with van der Waals surface area (Å²) in [7, 11) is 0. The van der Waals surface area contributed by atoms with Gasteiger partial charge < -0.3 is 5.32 Å². The molecule has 1 aromatic carbocycles. The number of piperidine rings is 1. The zero-order chi connectivity index (χ0) is 11.2. The van der Waals surface area contributed by atoms with Gasteiger partial charge in [0.1, 0.15) is 0 Å². The van der Waals surface area contributed by atoms with E-state index in [1.807, 2.05) is 0 Å². The molecule has 1 atom stereocenters. The molecule has 2 rings (SSSR count). The summed E-state index contributed by atoms with van der Waals surface area (Å²) in [6.45, 7) is 5.92. The van der Waals surface area contributed by atoms with Gasteiger partial charge in [-0.1, -0.05) is 24.6 Å². The fourth-order valence-corrected chi connectivity index (χ4v) is 2.31. The normalized spacial score (nSPS) is 19.3. The first-order chi connectivity index (χ1) is 7.86. The van der Waals surface area contributed by atoms with Crippen molar-refractivity contribution in [3.8, 4) is 0 Å². The number of nitrogens with zero attached hydrogens (tertiary/aromatic N) is 1. The fraction of sp³-hybridized carbons (Fsp3) is 0.571. The average molecular weight is 218 g/mol. The molecule has 0 amide bonds. The van der Waals surface area contributed by atoms with Crippen molar-refractivity contribution in [2.75, 3.05) is 25.0 Å². The predicted octanol–water partition coefficient (Wildman–Crippen LogP) is 2.97. The highest BCUT2D eigenvalue weighted by molar-refractivity contribution is 5.42. The third-order valence-corrected chi connectivity index (χ3v) is 3.39. The van der Waals surface area contributed by atoms with E-state index < -0.39 is 0 Å². The van der Waals surface area contributed by atoms with Gasteiger partial charge >= 0.3 is 0 Å². The Balaban J connectivity index is 1.76. The molecular formula is C14H22N2. The molecule has 0 bridgehead atoms. The summed E-state index contributed by atoms with van der Waals surface area (Å²) in [6, 6.07) is 11.1. The summed E-state index contributed by atoms with van der Waals surface area (Å²) in [4.78, 5) is 2.60. The number of likely N-dealkylation sites (tertiary alicyclic amines) is 1. The number of hydrogen-bond acceptors (Lipinski definition) is 2. The number of rotatable bonds is 4. The minimum Gasteiger partial charge on any atom is -0.383 e. The average Bonchev–Trinajstić information content (AvgIpc) is 2.38. The predicted molar refractivity (Wildman–Crippen MR) is 69.8 cm³/mol. The van der Waals surface area contributed by atoms with E-state index >= 15 is 0 Å². The summed E-state index contributed by atoms with van der Waals surface area (Å²) < 4.78 is 0. The van der Waals surface area contributed by atoms with Gasteiger partial charge in [0, 0.05) is 18.3 Å². The molecule has 1 aliphatic heterocycles. The second kappa shape index (κ2) is 5.90. The van der Waals surface area contributed by atoms with Gasteiger partial charge in [-0.2, -0.15) is 0 Å². The monoisotopic (exact) mass is 218 g/mol. The van der Waals surface area contributed by atoms with Crippen LogP contribution in [0.4, 0.5) is 5.69 Å². The highest BCUT2D eigenvalue weighted by Gasteiger charge is 2.15. The first-order valence-corrected chi connectivity index (χ1v) is 6.39. The van der Waals surface area contributed by atoms with E-state index in [0.717, 1.165) is 6.54 Å². The molecule has 1 aliphatic rings. The Labute approximate surface area is 98.7 Å². The Hall–Kier alpha value is -1.02. The van der Waals surface area contributed by atoms with Crippen LogP contribution in [0.1, 0.15) is 26.2 Å². The van der Waals surface area contributed by atoms with Gasteiger partial charge in [-0.25, -0.2) is 0 Å². The lowest BCUT2D eigenvalue weighted by atomic mass is 10.1. The largest absolute Gasteiger partial charge is 0.383 e. The van der Waals surface area contributed by atoms with E-state index in [0.29, 0.717) is 6.04 Å². The van der Waals surface area contributed by atoms with Gasteiger partial charge in [-0.15, -0.1) is 0 Å². The number of hydrogen-bond donors (Lipinski definition) is 1. The third-order valence-electron chi connectivity index (χ3n) is 3.39. The van der Waals surface area contributed by atoms with E-state index in [2.05, 4.69) is 47.5 Å². The maximum absolute atomic E-state index is 3.50. The zero-order valence-electron chi connectivity index (χ0n) is 10.2. The molecular weight excluding hydrogens is 196 g/mol. The minimum absolute atomic E-state index is 0.639. The summed E-state index contributed by atoms with van der Waals surface area (Å²) >= 11 is 0. The van der Waals surface area contributed by atoms with Crippen LogP contribution in [-0.4, -0.2) is 30.6 Å². The zero-order valence-corrected chi connectivity index (χ0v) is 10.2. The molecule has 1 unspecified atom stereocenters. The van der Waals surface area contributed by atoms with E-state index in [9.17, 15) is 0 Å². The first-order valence-electron chi connectivity index (χ1n) is 6.39. The van der Waals surface area contributed by atoms with Crippen LogP contribution in [0.3, 0.4) is 0 Å². The van der Waals surface area contributed by atoms with Crippen LogP contribution >= 0.6 is 0 Å². The van der Waals surface area contributed by atoms with Gasteiger partial charge in [-0.05, 0) is 45.0 Å². The van der Waals surface area contributed by atoms with Gasteiger partial charge in [0.2, 0.25) is 0 Å². The molecule has 0 radical (unpaired) electrons. The molecule has 16 heavy (non-hydrogen) atoms. The SMILES string of the molecule is CC(CNc1ccccc1)N1CCCCC1. The van der Waals surface area contributed by atoms with Crippen molar-refractivity contribution in [3.05, 3.63) is 30.3 Å². The summed E-state index contributed by atoms with van der Waals surface area (Å²) in [5, 5.41) is 3.50. The maximum Gasteiger partial charge on any atom is 0.0340 e. The number of para-hydroxylation sites is 1. The van der Waals surface area contributed by atoms with Crippen molar-refractivity contribution in [2.24, 2.45) is 0 Å². The molecule has 1 aromatic rings. The topological polar surface area (TPSA) is 15.3 Å². The van der Waals surface area contributed by atoms with E-state index in [4.69, 9.17) is 0 Å². The van der Waals surface area contributed by atoms with Crippen LogP contribution in [0.25, 0.3) is 0 Å². The molecule has 1 heterocycles. The van der Waals surface area contributed by atoms with Crippen molar-refractivity contribution < 1.29 is 0 Å². The molecule has 88 valence electrons. The van der Waals surface area contributed by atoms with Crippen molar-refractivity contribution in [1.29, 1.82) is 0 Å². The number of benzene rings is 1. The van der Waals surface area contributed by atoms with E-state index in [-0.39, 0.29) is 0 Å².